The van der Waals surface area contributed by atoms with Gasteiger partial charge in [-0.2, -0.15) is 0 Å². The lowest BCUT2D eigenvalue weighted by molar-refractivity contribution is 0.627. The molecule has 0 spiro atoms. The second-order valence-electron chi connectivity index (χ2n) is 3.59. The summed E-state index contributed by atoms with van der Waals surface area (Å²) in [6, 6.07) is 7.47. The Hall–Kier alpha value is -2.01. The summed E-state index contributed by atoms with van der Waals surface area (Å²) in [7, 11) is 0. The number of hydrogen-bond donors (Lipinski definition) is 2. The summed E-state index contributed by atoms with van der Waals surface area (Å²) < 4.78 is 1.21. The van der Waals surface area contributed by atoms with E-state index in [1.807, 2.05) is 0 Å². The van der Waals surface area contributed by atoms with Crippen molar-refractivity contribution in [1.29, 1.82) is 0 Å². The van der Waals surface area contributed by atoms with E-state index >= 15 is 0 Å². The van der Waals surface area contributed by atoms with Crippen LogP contribution in [-0.2, 0) is 6.54 Å². The van der Waals surface area contributed by atoms with Crippen molar-refractivity contribution in [2.75, 3.05) is 5.73 Å². The molecule has 0 saturated carbocycles. The first-order valence-corrected chi connectivity index (χ1v) is 5.28. The molecule has 3 N–H and O–H groups in total. The van der Waals surface area contributed by atoms with Crippen LogP contribution in [0.15, 0.2) is 39.9 Å². The number of H-pyrrole nitrogens is 1. The number of anilines is 1. The van der Waals surface area contributed by atoms with Crippen LogP contribution in [-0.4, -0.2) is 9.78 Å². The monoisotopic (exact) mass is 251 g/mol. The highest BCUT2D eigenvalue weighted by atomic mass is 35.5. The molecule has 0 radical (unpaired) electrons. The molecule has 0 atom stereocenters. The van der Waals surface area contributed by atoms with Crippen molar-refractivity contribution in [2.45, 2.75) is 6.54 Å². The topological polar surface area (TPSA) is 80.9 Å². The number of benzene rings is 1. The van der Waals surface area contributed by atoms with Crippen LogP contribution in [0.1, 0.15) is 5.56 Å². The molecule has 0 bridgehead atoms. The van der Waals surface area contributed by atoms with Gasteiger partial charge < -0.3 is 5.73 Å². The normalized spacial score (nSPS) is 10.4. The van der Waals surface area contributed by atoms with Gasteiger partial charge in [-0.25, -0.2) is 4.68 Å². The smallest absolute Gasteiger partial charge is 0.265 e. The Bertz CT molecular complexity index is 660. The predicted octanol–water partition coefficient (Wildman–Crippen LogP) is 0.820. The third-order valence-corrected chi connectivity index (χ3v) is 2.63. The summed E-state index contributed by atoms with van der Waals surface area (Å²) in [5.74, 6) is 0. The maximum atomic E-state index is 11.5. The van der Waals surface area contributed by atoms with Gasteiger partial charge in [0.05, 0.1) is 17.3 Å². The van der Waals surface area contributed by atoms with E-state index in [4.69, 9.17) is 17.3 Å². The third kappa shape index (κ3) is 2.57. The van der Waals surface area contributed by atoms with Gasteiger partial charge >= 0.3 is 0 Å². The molecule has 88 valence electrons. The molecule has 0 unspecified atom stereocenters. The molecule has 6 heteroatoms. The minimum absolute atomic E-state index is 0.246. The van der Waals surface area contributed by atoms with E-state index in [0.29, 0.717) is 10.7 Å². The molecule has 0 aliphatic rings. The molecular formula is C11H10ClN3O2. The van der Waals surface area contributed by atoms with Crippen LogP contribution in [0.2, 0.25) is 5.02 Å². The first-order chi connectivity index (χ1) is 8.06. The fourth-order valence-electron chi connectivity index (χ4n) is 1.45. The van der Waals surface area contributed by atoms with Gasteiger partial charge in [0.25, 0.3) is 11.1 Å². The first-order valence-electron chi connectivity index (χ1n) is 4.90. The molecule has 0 aliphatic heterocycles. The minimum Gasteiger partial charge on any atom is -0.398 e. The van der Waals surface area contributed by atoms with Crippen molar-refractivity contribution in [3.63, 3.8) is 0 Å². The lowest BCUT2D eigenvalue weighted by Crippen LogP contribution is -2.28. The van der Waals surface area contributed by atoms with Crippen molar-refractivity contribution in [3.8, 4) is 0 Å². The highest BCUT2D eigenvalue weighted by Crippen LogP contribution is 2.19. The summed E-state index contributed by atoms with van der Waals surface area (Å²) in [5.41, 5.74) is 6.27. The zero-order valence-electron chi connectivity index (χ0n) is 8.81. The molecule has 1 heterocycles. The Morgan fingerprint density at radius 3 is 2.71 bits per heavy atom. The van der Waals surface area contributed by atoms with E-state index in [1.54, 1.807) is 18.2 Å². The van der Waals surface area contributed by atoms with Crippen LogP contribution in [0.4, 0.5) is 5.69 Å². The maximum absolute atomic E-state index is 11.5. The summed E-state index contributed by atoms with van der Waals surface area (Å²) >= 11 is 5.79. The molecule has 17 heavy (non-hydrogen) atoms. The van der Waals surface area contributed by atoms with Gasteiger partial charge in [-0.05, 0) is 17.7 Å². The van der Waals surface area contributed by atoms with E-state index in [-0.39, 0.29) is 17.7 Å². The van der Waals surface area contributed by atoms with Crippen LogP contribution >= 0.6 is 11.6 Å². The summed E-state index contributed by atoms with van der Waals surface area (Å²) in [4.78, 5) is 22.6. The van der Waals surface area contributed by atoms with E-state index < -0.39 is 0 Å². The SMILES string of the molecule is Nc1cc(Cn2[nH]c(=O)ccc2=O)ccc1Cl. The van der Waals surface area contributed by atoms with Crippen molar-refractivity contribution < 1.29 is 0 Å². The molecular weight excluding hydrogens is 242 g/mol. The van der Waals surface area contributed by atoms with Gasteiger partial charge in [-0.3, -0.25) is 14.7 Å². The standard InChI is InChI=1S/C11H10ClN3O2/c12-8-2-1-7(5-9(8)13)6-15-11(17)4-3-10(16)14-15/h1-5H,6,13H2,(H,14,16). The van der Waals surface area contributed by atoms with Gasteiger partial charge in [0, 0.05) is 12.1 Å². The van der Waals surface area contributed by atoms with Crippen LogP contribution in [0.25, 0.3) is 0 Å². The number of nitrogens with one attached hydrogen (secondary N) is 1. The quantitative estimate of drug-likeness (QED) is 0.776. The lowest BCUT2D eigenvalue weighted by Gasteiger charge is -2.06. The Labute approximate surface area is 101 Å². The number of hydrogen-bond acceptors (Lipinski definition) is 3. The van der Waals surface area contributed by atoms with Crippen molar-refractivity contribution in [1.82, 2.24) is 9.78 Å². The van der Waals surface area contributed by atoms with Gasteiger partial charge in [-0.1, -0.05) is 17.7 Å². The van der Waals surface area contributed by atoms with Gasteiger partial charge in [0.15, 0.2) is 0 Å². The molecule has 5 nitrogen and oxygen atoms in total. The highest BCUT2D eigenvalue weighted by molar-refractivity contribution is 6.33. The second kappa shape index (κ2) is 4.47. The zero-order chi connectivity index (χ0) is 12.4. The van der Waals surface area contributed by atoms with Crippen molar-refractivity contribution in [3.05, 3.63) is 61.6 Å². The molecule has 0 amide bonds. The Morgan fingerprint density at radius 2 is 2.00 bits per heavy atom. The Morgan fingerprint density at radius 1 is 1.24 bits per heavy atom. The van der Waals surface area contributed by atoms with E-state index in [2.05, 4.69) is 5.10 Å². The predicted molar refractivity (Wildman–Crippen MR) is 66.3 cm³/mol. The Balaban J connectivity index is 2.38. The third-order valence-electron chi connectivity index (χ3n) is 2.29. The average Bonchev–Trinajstić information content (AvgIpc) is 2.29. The van der Waals surface area contributed by atoms with E-state index in [0.717, 1.165) is 5.56 Å². The average molecular weight is 252 g/mol. The van der Waals surface area contributed by atoms with Gasteiger partial charge in [0.2, 0.25) is 0 Å². The van der Waals surface area contributed by atoms with Crippen LogP contribution in [0.5, 0.6) is 0 Å². The number of aromatic amines is 1. The maximum Gasteiger partial charge on any atom is 0.265 e. The van der Waals surface area contributed by atoms with Crippen molar-refractivity contribution in [2.24, 2.45) is 0 Å². The lowest BCUT2D eigenvalue weighted by atomic mass is 10.2. The number of rotatable bonds is 2. The fourth-order valence-corrected chi connectivity index (χ4v) is 1.57. The second-order valence-corrected chi connectivity index (χ2v) is 4.00. The Kier molecular flexibility index (Phi) is 3.01. The molecule has 0 aliphatic carbocycles. The van der Waals surface area contributed by atoms with Crippen LogP contribution < -0.4 is 16.9 Å². The molecule has 0 fully saturated rings. The molecule has 1 aromatic heterocycles. The minimum atomic E-state index is -0.327. The fraction of sp³-hybridized carbons (Fsp3) is 0.0909. The summed E-state index contributed by atoms with van der Waals surface area (Å²) in [6.45, 7) is 0.246. The summed E-state index contributed by atoms with van der Waals surface area (Å²) in [6.07, 6.45) is 0. The number of nitrogens with two attached hydrogens (primary N) is 1. The number of nitrogen functional groups attached to an aromatic ring is 1. The summed E-state index contributed by atoms with van der Waals surface area (Å²) in [5, 5.41) is 2.89. The van der Waals surface area contributed by atoms with Crippen LogP contribution in [0, 0.1) is 0 Å². The highest BCUT2D eigenvalue weighted by Gasteiger charge is 2.01. The van der Waals surface area contributed by atoms with Crippen molar-refractivity contribution >= 4 is 17.3 Å². The molecule has 2 rings (SSSR count). The number of halogens is 1. The molecule has 1 aromatic carbocycles. The number of nitrogens with zero attached hydrogens (tertiary/aromatic N) is 1. The van der Waals surface area contributed by atoms with Crippen LogP contribution in [0.3, 0.4) is 0 Å². The molecule has 2 aromatic rings. The zero-order valence-corrected chi connectivity index (χ0v) is 9.57. The van der Waals surface area contributed by atoms with E-state index in [9.17, 15) is 9.59 Å². The molecule has 0 saturated heterocycles. The van der Waals surface area contributed by atoms with Gasteiger partial charge in [0.1, 0.15) is 0 Å². The van der Waals surface area contributed by atoms with E-state index in [1.165, 1.54) is 16.8 Å². The number of aromatic nitrogens is 2. The first kappa shape index (κ1) is 11.5. The van der Waals surface area contributed by atoms with Gasteiger partial charge in [-0.15, -0.1) is 0 Å². The largest absolute Gasteiger partial charge is 0.398 e.